The van der Waals surface area contributed by atoms with Gasteiger partial charge in [-0.05, 0) is 37.0 Å². The van der Waals surface area contributed by atoms with Gasteiger partial charge in [-0.3, -0.25) is 14.4 Å². The molecule has 0 aliphatic carbocycles. The van der Waals surface area contributed by atoms with Crippen LogP contribution in [0.25, 0.3) is 0 Å². The van der Waals surface area contributed by atoms with E-state index in [1.54, 1.807) is 0 Å². The van der Waals surface area contributed by atoms with E-state index in [4.69, 9.17) is 14.2 Å². The minimum atomic E-state index is -0.764. The van der Waals surface area contributed by atoms with Crippen LogP contribution in [0, 0.1) is 17.8 Å². The second kappa shape index (κ2) is 49.3. The molecule has 1 unspecified atom stereocenters. The van der Waals surface area contributed by atoms with Gasteiger partial charge in [0.1, 0.15) is 13.2 Å². The predicted molar refractivity (Wildman–Crippen MR) is 275 cm³/mol. The third kappa shape index (κ3) is 49.8. The van der Waals surface area contributed by atoms with Crippen molar-refractivity contribution in [2.45, 2.75) is 324 Å². The van der Waals surface area contributed by atoms with Crippen molar-refractivity contribution in [3.8, 4) is 0 Å². The Labute approximate surface area is 399 Å². The van der Waals surface area contributed by atoms with Crippen molar-refractivity contribution in [1.29, 1.82) is 0 Å². The van der Waals surface area contributed by atoms with Crippen LogP contribution in [0.2, 0.25) is 0 Å². The molecule has 0 heterocycles. The van der Waals surface area contributed by atoms with Crippen LogP contribution in [-0.4, -0.2) is 37.2 Å². The summed E-state index contributed by atoms with van der Waals surface area (Å²) >= 11 is 0. The molecule has 0 rings (SSSR count). The summed E-state index contributed by atoms with van der Waals surface area (Å²) in [4.78, 5) is 38.1. The first-order valence-electron chi connectivity index (χ1n) is 28.6. The molecule has 0 amide bonds. The van der Waals surface area contributed by atoms with Crippen molar-refractivity contribution in [2.24, 2.45) is 17.8 Å². The lowest BCUT2D eigenvalue weighted by Crippen LogP contribution is -2.30. The maximum atomic E-state index is 12.8. The van der Waals surface area contributed by atoms with E-state index in [2.05, 4.69) is 41.5 Å². The summed E-state index contributed by atoms with van der Waals surface area (Å²) in [6.45, 7) is 13.7. The summed E-state index contributed by atoms with van der Waals surface area (Å²) in [7, 11) is 0. The van der Waals surface area contributed by atoms with Gasteiger partial charge in [0.05, 0.1) is 0 Å². The molecule has 0 saturated carbocycles. The third-order valence-corrected chi connectivity index (χ3v) is 13.5. The van der Waals surface area contributed by atoms with Gasteiger partial charge in [-0.1, -0.05) is 279 Å². The topological polar surface area (TPSA) is 78.9 Å². The van der Waals surface area contributed by atoms with E-state index < -0.39 is 6.10 Å². The molecule has 6 nitrogen and oxygen atoms in total. The van der Waals surface area contributed by atoms with Gasteiger partial charge in [0.25, 0.3) is 0 Å². The lowest BCUT2D eigenvalue weighted by Gasteiger charge is -2.18. The van der Waals surface area contributed by atoms with Crippen molar-refractivity contribution < 1.29 is 28.6 Å². The Kier molecular flexibility index (Phi) is 48.1. The molecule has 0 bridgehead atoms. The summed E-state index contributed by atoms with van der Waals surface area (Å²) in [6.07, 6.45) is 51.0. The smallest absolute Gasteiger partial charge is 0.306 e. The van der Waals surface area contributed by atoms with Crippen LogP contribution in [-0.2, 0) is 28.6 Å². The lowest BCUT2D eigenvalue weighted by atomic mass is 10.00. The van der Waals surface area contributed by atoms with Gasteiger partial charge in [0.2, 0.25) is 0 Å². The fourth-order valence-electron chi connectivity index (χ4n) is 8.79. The standard InChI is InChI=1S/C58H112O6/c1-7-54(6)46-40-34-30-31-36-42-48-57(60)63-51-55(50-62-56(59)47-41-35-28-24-20-16-13-12-15-19-23-27-33-39-45-53(4)5)64-58(61)49-43-37-29-25-21-17-11-9-8-10-14-18-22-26-32-38-44-52(2)3/h52-55H,7-51H2,1-6H3/t54?,55-/m1/s1. The van der Waals surface area contributed by atoms with Crippen molar-refractivity contribution >= 4 is 17.9 Å². The molecule has 6 heteroatoms. The van der Waals surface area contributed by atoms with Crippen molar-refractivity contribution in [1.82, 2.24) is 0 Å². The monoisotopic (exact) mass is 905 g/mol. The Bertz CT molecular complexity index is 993. The van der Waals surface area contributed by atoms with E-state index >= 15 is 0 Å². The molecule has 0 aromatic carbocycles. The van der Waals surface area contributed by atoms with Crippen LogP contribution in [0.3, 0.4) is 0 Å². The van der Waals surface area contributed by atoms with Crippen LogP contribution in [0.15, 0.2) is 0 Å². The quantitative estimate of drug-likeness (QED) is 0.0344. The van der Waals surface area contributed by atoms with Crippen molar-refractivity contribution in [2.75, 3.05) is 13.2 Å². The Balaban J connectivity index is 4.25. The summed E-state index contributed by atoms with van der Waals surface area (Å²) in [5.74, 6) is 1.66. The maximum absolute atomic E-state index is 12.8. The minimum Gasteiger partial charge on any atom is -0.462 e. The van der Waals surface area contributed by atoms with E-state index in [1.165, 1.54) is 199 Å². The fourth-order valence-corrected chi connectivity index (χ4v) is 8.79. The molecule has 64 heavy (non-hydrogen) atoms. The highest BCUT2D eigenvalue weighted by Gasteiger charge is 2.19. The molecule has 2 atom stereocenters. The fraction of sp³-hybridized carbons (Fsp3) is 0.948. The van der Waals surface area contributed by atoms with Crippen molar-refractivity contribution in [3.63, 3.8) is 0 Å². The SMILES string of the molecule is CCC(C)CCCCCCCCC(=O)OC[C@@H](COC(=O)CCCCCCCCCCCCCCCCC(C)C)OC(=O)CCCCCCCCCCCCCCCCCCC(C)C. The highest BCUT2D eigenvalue weighted by atomic mass is 16.6. The average Bonchev–Trinajstić information content (AvgIpc) is 3.27. The van der Waals surface area contributed by atoms with E-state index in [0.717, 1.165) is 75.5 Å². The molecule has 0 spiro atoms. The molecule has 0 saturated heterocycles. The van der Waals surface area contributed by atoms with Gasteiger partial charge in [-0.15, -0.1) is 0 Å². The largest absolute Gasteiger partial charge is 0.462 e. The Morgan fingerprint density at radius 1 is 0.312 bits per heavy atom. The first-order valence-corrected chi connectivity index (χ1v) is 28.6. The van der Waals surface area contributed by atoms with Gasteiger partial charge in [0.15, 0.2) is 6.10 Å². The highest BCUT2D eigenvalue weighted by Crippen LogP contribution is 2.19. The third-order valence-electron chi connectivity index (χ3n) is 13.5. The second-order valence-corrected chi connectivity index (χ2v) is 21.1. The summed E-state index contributed by atoms with van der Waals surface area (Å²) in [5, 5.41) is 0. The number of unbranched alkanes of at least 4 members (excludes halogenated alkanes) is 33. The van der Waals surface area contributed by atoms with E-state index in [0.29, 0.717) is 19.3 Å². The Hall–Kier alpha value is -1.59. The Morgan fingerprint density at radius 3 is 0.812 bits per heavy atom. The maximum Gasteiger partial charge on any atom is 0.306 e. The number of rotatable bonds is 51. The normalized spacial score (nSPS) is 12.6. The zero-order valence-corrected chi connectivity index (χ0v) is 44.1. The second-order valence-electron chi connectivity index (χ2n) is 21.1. The predicted octanol–water partition coefficient (Wildman–Crippen LogP) is 18.7. The van der Waals surface area contributed by atoms with Gasteiger partial charge in [-0.2, -0.15) is 0 Å². The van der Waals surface area contributed by atoms with E-state index in [-0.39, 0.29) is 31.1 Å². The molecule has 0 N–H and O–H groups in total. The minimum absolute atomic E-state index is 0.0643. The molecule has 0 radical (unpaired) electrons. The number of carbonyl (C=O) groups is 3. The number of carbonyl (C=O) groups excluding carboxylic acids is 3. The number of esters is 3. The molecule has 0 aromatic rings. The van der Waals surface area contributed by atoms with Crippen LogP contribution in [0.4, 0.5) is 0 Å². The zero-order valence-electron chi connectivity index (χ0n) is 44.1. The van der Waals surface area contributed by atoms with Gasteiger partial charge < -0.3 is 14.2 Å². The van der Waals surface area contributed by atoms with Gasteiger partial charge >= 0.3 is 17.9 Å². The summed E-state index contributed by atoms with van der Waals surface area (Å²) in [5.41, 5.74) is 0. The van der Waals surface area contributed by atoms with Crippen LogP contribution < -0.4 is 0 Å². The summed E-state index contributed by atoms with van der Waals surface area (Å²) < 4.78 is 16.9. The first kappa shape index (κ1) is 62.4. The molecular formula is C58H112O6. The van der Waals surface area contributed by atoms with Crippen molar-refractivity contribution in [3.05, 3.63) is 0 Å². The first-order chi connectivity index (χ1) is 31.1. The average molecular weight is 906 g/mol. The molecular weight excluding hydrogens is 793 g/mol. The van der Waals surface area contributed by atoms with Gasteiger partial charge in [-0.25, -0.2) is 0 Å². The summed E-state index contributed by atoms with van der Waals surface area (Å²) in [6, 6.07) is 0. The number of hydrogen-bond donors (Lipinski definition) is 0. The van der Waals surface area contributed by atoms with E-state index in [1.807, 2.05) is 0 Å². The zero-order chi connectivity index (χ0) is 47.0. The Morgan fingerprint density at radius 2 is 0.547 bits per heavy atom. The molecule has 0 aromatic heterocycles. The molecule has 380 valence electrons. The van der Waals surface area contributed by atoms with Crippen LogP contribution in [0.1, 0.15) is 318 Å². The highest BCUT2D eigenvalue weighted by molar-refractivity contribution is 5.71. The van der Waals surface area contributed by atoms with Crippen LogP contribution in [0.5, 0.6) is 0 Å². The number of ether oxygens (including phenoxy) is 3. The van der Waals surface area contributed by atoms with Gasteiger partial charge in [0, 0.05) is 19.3 Å². The molecule has 0 aliphatic rings. The van der Waals surface area contributed by atoms with E-state index in [9.17, 15) is 14.4 Å². The molecule has 0 aliphatic heterocycles. The number of hydrogen-bond acceptors (Lipinski definition) is 6. The molecule has 0 fully saturated rings. The lowest BCUT2D eigenvalue weighted by molar-refractivity contribution is -0.167. The van der Waals surface area contributed by atoms with Crippen LogP contribution >= 0.6 is 0 Å².